The molecule has 0 amide bonds. The summed E-state index contributed by atoms with van der Waals surface area (Å²) in [4.78, 5) is 19.4. The average molecular weight is 374 g/mol. The van der Waals surface area contributed by atoms with Gasteiger partial charge < -0.3 is 9.84 Å². The number of rotatable bonds is 3. The van der Waals surface area contributed by atoms with Crippen LogP contribution in [0.4, 0.5) is 4.79 Å². The highest BCUT2D eigenvalue weighted by Crippen LogP contribution is 2.32. The Morgan fingerprint density at radius 1 is 1.23 bits per heavy atom. The van der Waals surface area contributed by atoms with Gasteiger partial charge in [-0.05, 0) is 24.3 Å². The molecule has 0 aliphatic carbocycles. The zero-order valence-electron chi connectivity index (χ0n) is 13.7. The maximum Gasteiger partial charge on any atom is 0.415 e. The van der Waals surface area contributed by atoms with Gasteiger partial charge in [0.05, 0.1) is 29.6 Å². The third kappa shape index (κ3) is 2.78. The maximum absolute atomic E-state index is 11.8. The van der Waals surface area contributed by atoms with Gasteiger partial charge in [0.25, 0.3) is 0 Å². The molecule has 3 aromatic rings. The van der Waals surface area contributed by atoms with E-state index < -0.39 is 16.1 Å². The van der Waals surface area contributed by atoms with Crippen molar-refractivity contribution in [1.82, 2.24) is 18.8 Å². The van der Waals surface area contributed by atoms with Gasteiger partial charge in [-0.1, -0.05) is 0 Å². The molecule has 1 aromatic carbocycles. The van der Waals surface area contributed by atoms with Crippen molar-refractivity contribution >= 4 is 27.0 Å². The van der Waals surface area contributed by atoms with E-state index in [2.05, 4.69) is 9.97 Å². The zero-order valence-corrected chi connectivity index (χ0v) is 14.5. The van der Waals surface area contributed by atoms with E-state index in [0.29, 0.717) is 27.9 Å². The van der Waals surface area contributed by atoms with Gasteiger partial charge in [0, 0.05) is 18.1 Å². The molecule has 0 unspecified atom stereocenters. The van der Waals surface area contributed by atoms with Crippen LogP contribution in [-0.2, 0) is 23.1 Å². The quantitative estimate of drug-likeness (QED) is 0.746. The minimum atomic E-state index is -3.34. The van der Waals surface area contributed by atoms with Crippen molar-refractivity contribution in [3.05, 3.63) is 48.0 Å². The highest BCUT2D eigenvalue weighted by atomic mass is 32.2. The molecule has 134 valence electrons. The topological polar surface area (TPSA) is 115 Å². The van der Waals surface area contributed by atoms with E-state index >= 15 is 0 Å². The van der Waals surface area contributed by atoms with Crippen LogP contribution in [0.15, 0.2) is 36.8 Å². The second-order valence-corrected chi connectivity index (χ2v) is 7.91. The summed E-state index contributed by atoms with van der Waals surface area (Å²) >= 11 is 0. The van der Waals surface area contributed by atoms with Crippen molar-refractivity contribution in [3.63, 3.8) is 0 Å². The lowest BCUT2D eigenvalue weighted by Crippen LogP contribution is -2.23. The van der Waals surface area contributed by atoms with Gasteiger partial charge in [-0.2, -0.15) is 4.31 Å². The van der Waals surface area contributed by atoms with Crippen LogP contribution < -0.4 is 4.74 Å². The molecule has 3 heterocycles. The van der Waals surface area contributed by atoms with Crippen molar-refractivity contribution in [2.75, 3.05) is 6.26 Å². The number of aromatic nitrogens is 3. The smallest absolute Gasteiger partial charge is 0.415 e. The predicted molar refractivity (Wildman–Crippen MR) is 91.6 cm³/mol. The molecule has 26 heavy (non-hydrogen) atoms. The van der Waals surface area contributed by atoms with Gasteiger partial charge in [0.15, 0.2) is 0 Å². The summed E-state index contributed by atoms with van der Waals surface area (Å²) in [5.41, 5.74) is 1.78. The summed E-state index contributed by atoms with van der Waals surface area (Å²) in [6.45, 7) is 0.343. The number of nitrogens with zero attached hydrogens (tertiary/aromatic N) is 4. The Balaban J connectivity index is 1.66. The molecule has 0 radical (unpaired) electrons. The van der Waals surface area contributed by atoms with Crippen LogP contribution >= 0.6 is 0 Å². The maximum atomic E-state index is 11.8. The van der Waals surface area contributed by atoms with E-state index in [4.69, 9.17) is 9.84 Å². The molecule has 0 bridgehead atoms. The van der Waals surface area contributed by atoms with Gasteiger partial charge in [-0.15, -0.1) is 0 Å². The number of hydrogen-bond donors (Lipinski definition) is 1. The highest BCUT2D eigenvalue weighted by molar-refractivity contribution is 7.88. The Kier molecular flexibility index (Phi) is 3.67. The van der Waals surface area contributed by atoms with Crippen LogP contribution in [0.1, 0.15) is 11.3 Å². The van der Waals surface area contributed by atoms with E-state index in [1.54, 1.807) is 24.3 Å². The van der Waals surface area contributed by atoms with Gasteiger partial charge >= 0.3 is 6.09 Å². The van der Waals surface area contributed by atoms with Crippen molar-refractivity contribution in [1.29, 1.82) is 0 Å². The van der Waals surface area contributed by atoms with E-state index in [-0.39, 0.29) is 19.0 Å². The second-order valence-electron chi connectivity index (χ2n) is 5.93. The number of ether oxygens (including phenoxy) is 1. The molecule has 9 nitrogen and oxygen atoms in total. The Morgan fingerprint density at radius 3 is 2.77 bits per heavy atom. The van der Waals surface area contributed by atoms with Gasteiger partial charge in [-0.3, -0.25) is 4.57 Å². The fourth-order valence-electron chi connectivity index (χ4n) is 2.91. The molecule has 0 saturated carbocycles. The van der Waals surface area contributed by atoms with Crippen LogP contribution in [0.3, 0.4) is 0 Å². The highest BCUT2D eigenvalue weighted by Gasteiger charge is 2.30. The number of fused-ring (bicyclic) bond motifs is 2. The molecular weight excluding hydrogens is 360 g/mol. The van der Waals surface area contributed by atoms with Crippen molar-refractivity contribution < 1.29 is 23.1 Å². The molecule has 1 aliphatic rings. The molecule has 0 saturated heterocycles. The normalized spacial score (nSPS) is 14.5. The van der Waals surface area contributed by atoms with E-state index in [0.717, 1.165) is 10.8 Å². The minimum Gasteiger partial charge on any atom is -0.464 e. The molecule has 1 N–H and O–H groups in total. The number of carbonyl (C=O) groups is 1. The summed E-state index contributed by atoms with van der Waals surface area (Å²) in [7, 11) is -3.34. The summed E-state index contributed by atoms with van der Waals surface area (Å²) in [5, 5.41) is 9.84. The third-order valence-corrected chi connectivity index (χ3v) is 5.40. The Bertz CT molecular complexity index is 1140. The first kappa shape index (κ1) is 16.5. The van der Waals surface area contributed by atoms with E-state index in [9.17, 15) is 13.2 Å². The Hall–Kier alpha value is -2.98. The minimum absolute atomic E-state index is 0.155. The first-order valence-electron chi connectivity index (χ1n) is 7.63. The molecule has 4 rings (SSSR count). The number of hydrogen-bond acceptors (Lipinski definition) is 6. The SMILES string of the molecule is CS(=O)(=O)N1Cc2ncnc(Oc3ccc4c(ccn4C(=O)O)c3)c2C1. The molecule has 10 heteroatoms. The molecule has 0 spiro atoms. The molecule has 1 aliphatic heterocycles. The van der Waals surface area contributed by atoms with Crippen LogP contribution in [-0.4, -0.2) is 44.7 Å². The first-order valence-corrected chi connectivity index (χ1v) is 9.48. The summed E-state index contributed by atoms with van der Waals surface area (Å²) in [5.74, 6) is 0.762. The Labute approximate surface area is 148 Å². The number of sulfonamides is 1. The van der Waals surface area contributed by atoms with Crippen molar-refractivity contribution in [2.45, 2.75) is 13.1 Å². The number of carboxylic acid groups (broad SMARTS) is 1. The van der Waals surface area contributed by atoms with Gasteiger partial charge in [0.1, 0.15) is 12.1 Å². The van der Waals surface area contributed by atoms with Gasteiger partial charge in [0.2, 0.25) is 15.9 Å². The van der Waals surface area contributed by atoms with Crippen LogP contribution in [0.25, 0.3) is 10.9 Å². The van der Waals surface area contributed by atoms with Crippen LogP contribution in [0, 0.1) is 0 Å². The Morgan fingerprint density at radius 2 is 2.04 bits per heavy atom. The fourth-order valence-corrected chi connectivity index (χ4v) is 3.63. The molecule has 0 fully saturated rings. The summed E-state index contributed by atoms with van der Waals surface area (Å²) in [6, 6.07) is 6.65. The number of benzene rings is 1. The monoisotopic (exact) mass is 374 g/mol. The summed E-state index contributed by atoms with van der Waals surface area (Å²) < 4.78 is 31.8. The molecule has 2 aromatic heterocycles. The largest absolute Gasteiger partial charge is 0.464 e. The fraction of sp³-hybridized carbons (Fsp3) is 0.188. The lowest BCUT2D eigenvalue weighted by atomic mass is 10.2. The van der Waals surface area contributed by atoms with E-state index in [1.165, 1.54) is 16.8 Å². The second kappa shape index (κ2) is 5.78. The van der Waals surface area contributed by atoms with Crippen molar-refractivity contribution in [2.24, 2.45) is 0 Å². The lowest BCUT2D eigenvalue weighted by molar-refractivity contribution is 0.197. The third-order valence-electron chi connectivity index (χ3n) is 4.21. The molecular formula is C16H14N4O5S. The summed E-state index contributed by atoms with van der Waals surface area (Å²) in [6.07, 6.45) is 2.87. The standard InChI is InChI=1S/C16H14N4O5S/c1-26(23,24)19-7-12-13(8-19)17-9-18-15(12)25-11-2-3-14-10(6-11)4-5-20(14)16(21)22/h2-6,9H,7-8H2,1H3,(H,21,22). The zero-order chi connectivity index (χ0) is 18.5. The van der Waals surface area contributed by atoms with Gasteiger partial charge in [-0.25, -0.2) is 23.2 Å². The van der Waals surface area contributed by atoms with Crippen LogP contribution in [0.2, 0.25) is 0 Å². The van der Waals surface area contributed by atoms with Crippen molar-refractivity contribution in [3.8, 4) is 11.6 Å². The predicted octanol–water partition coefficient (Wildman–Crippen LogP) is 2.02. The first-order chi connectivity index (χ1) is 12.3. The van der Waals surface area contributed by atoms with Crippen LogP contribution in [0.5, 0.6) is 11.6 Å². The lowest BCUT2D eigenvalue weighted by Gasteiger charge is -2.11. The molecule has 0 atom stereocenters. The van der Waals surface area contributed by atoms with E-state index in [1.807, 2.05) is 0 Å². The average Bonchev–Trinajstić information content (AvgIpc) is 3.18.